The minimum atomic E-state index is 0.111. The fraction of sp³-hybridized carbons (Fsp3) is 0.125. The van der Waals surface area contributed by atoms with E-state index in [0.717, 1.165) is 4.47 Å². The van der Waals surface area contributed by atoms with E-state index in [1.807, 2.05) is 0 Å². The Morgan fingerprint density at radius 3 is 3.00 bits per heavy atom. The fourth-order valence-electron chi connectivity index (χ4n) is 1.09. The van der Waals surface area contributed by atoms with Crippen molar-refractivity contribution in [3.05, 3.63) is 22.5 Å². The van der Waals surface area contributed by atoms with E-state index in [0.29, 0.717) is 17.0 Å². The lowest BCUT2D eigenvalue weighted by Gasteiger charge is -1.92. The Labute approximate surface area is 77.2 Å². The standard InChI is InChI=1S/C8H6BrNO2/c1-4-10-6-2-5(9)3-7(11)8(6)12-4/h2-3,11H,1H3. The van der Waals surface area contributed by atoms with Gasteiger partial charge in [-0.3, -0.25) is 0 Å². The molecule has 3 nitrogen and oxygen atoms in total. The number of halogens is 1. The molecule has 62 valence electrons. The van der Waals surface area contributed by atoms with Crippen LogP contribution in [0.25, 0.3) is 11.1 Å². The maximum Gasteiger partial charge on any atom is 0.196 e. The molecule has 0 aliphatic heterocycles. The second kappa shape index (κ2) is 2.48. The molecule has 0 unspecified atom stereocenters. The Kier molecular flexibility index (Phi) is 1.58. The van der Waals surface area contributed by atoms with Gasteiger partial charge in [0.1, 0.15) is 5.52 Å². The molecular weight excluding hydrogens is 222 g/mol. The third kappa shape index (κ3) is 1.08. The summed E-state index contributed by atoms with van der Waals surface area (Å²) in [6, 6.07) is 3.37. The Morgan fingerprint density at radius 2 is 2.25 bits per heavy atom. The quantitative estimate of drug-likeness (QED) is 0.753. The summed E-state index contributed by atoms with van der Waals surface area (Å²) in [6.07, 6.45) is 0. The van der Waals surface area contributed by atoms with Gasteiger partial charge < -0.3 is 9.52 Å². The Hall–Kier alpha value is -1.03. The van der Waals surface area contributed by atoms with Crippen molar-refractivity contribution in [2.45, 2.75) is 6.92 Å². The zero-order valence-electron chi connectivity index (χ0n) is 6.34. The molecular formula is C8H6BrNO2. The van der Waals surface area contributed by atoms with E-state index in [2.05, 4.69) is 20.9 Å². The molecule has 12 heavy (non-hydrogen) atoms. The minimum absolute atomic E-state index is 0.111. The van der Waals surface area contributed by atoms with Gasteiger partial charge in [0.25, 0.3) is 0 Å². The lowest BCUT2D eigenvalue weighted by molar-refractivity contribution is 0.459. The molecule has 2 rings (SSSR count). The largest absolute Gasteiger partial charge is 0.504 e. The normalized spacial score (nSPS) is 10.8. The molecule has 1 heterocycles. The second-order valence-electron chi connectivity index (χ2n) is 2.51. The summed E-state index contributed by atoms with van der Waals surface area (Å²) in [4.78, 5) is 4.08. The van der Waals surface area contributed by atoms with Gasteiger partial charge in [0.2, 0.25) is 0 Å². The molecule has 0 bridgehead atoms. The van der Waals surface area contributed by atoms with Gasteiger partial charge >= 0.3 is 0 Å². The lowest BCUT2D eigenvalue weighted by atomic mass is 10.3. The molecule has 1 aromatic carbocycles. The predicted molar refractivity (Wildman–Crippen MR) is 48.1 cm³/mol. The third-order valence-electron chi connectivity index (χ3n) is 1.54. The maximum atomic E-state index is 9.40. The summed E-state index contributed by atoms with van der Waals surface area (Å²) in [5.41, 5.74) is 1.11. The van der Waals surface area contributed by atoms with Crippen LogP contribution in [0.2, 0.25) is 0 Å². The molecule has 0 atom stereocenters. The van der Waals surface area contributed by atoms with Crippen LogP contribution in [0, 0.1) is 6.92 Å². The average molecular weight is 228 g/mol. The second-order valence-corrected chi connectivity index (χ2v) is 3.42. The topological polar surface area (TPSA) is 46.3 Å². The zero-order valence-corrected chi connectivity index (χ0v) is 7.92. The number of hydrogen-bond donors (Lipinski definition) is 1. The molecule has 4 heteroatoms. The van der Waals surface area contributed by atoms with Crippen LogP contribution in [-0.4, -0.2) is 10.1 Å². The monoisotopic (exact) mass is 227 g/mol. The number of aromatic nitrogens is 1. The molecule has 0 aliphatic carbocycles. The van der Waals surface area contributed by atoms with E-state index in [1.54, 1.807) is 19.1 Å². The highest BCUT2D eigenvalue weighted by Gasteiger charge is 2.07. The van der Waals surface area contributed by atoms with E-state index in [1.165, 1.54) is 0 Å². The molecule has 0 saturated carbocycles. The van der Waals surface area contributed by atoms with Crippen molar-refractivity contribution in [2.24, 2.45) is 0 Å². The highest BCUT2D eigenvalue weighted by molar-refractivity contribution is 9.10. The van der Waals surface area contributed by atoms with Crippen molar-refractivity contribution < 1.29 is 9.52 Å². The minimum Gasteiger partial charge on any atom is -0.504 e. The molecule has 0 saturated heterocycles. The first-order chi connectivity index (χ1) is 5.66. The SMILES string of the molecule is Cc1nc2cc(Br)cc(O)c2o1. The number of nitrogens with zero attached hydrogens (tertiary/aromatic N) is 1. The predicted octanol–water partition coefficient (Wildman–Crippen LogP) is 2.60. The van der Waals surface area contributed by atoms with Gasteiger partial charge in [0, 0.05) is 11.4 Å². The van der Waals surface area contributed by atoms with Crippen LogP contribution in [0.5, 0.6) is 5.75 Å². The van der Waals surface area contributed by atoms with Crippen LogP contribution < -0.4 is 0 Å². The zero-order chi connectivity index (χ0) is 8.72. The number of phenols is 1. The molecule has 0 spiro atoms. The molecule has 2 aromatic rings. The summed E-state index contributed by atoms with van der Waals surface area (Å²) >= 11 is 3.25. The van der Waals surface area contributed by atoms with Crippen molar-refractivity contribution in [1.29, 1.82) is 0 Å². The lowest BCUT2D eigenvalue weighted by Crippen LogP contribution is -1.70. The summed E-state index contributed by atoms with van der Waals surface area (Å²) in [5.74, 6) is 0.665. The number of phenolic OH excluding ortho intramolecular Hbond substituents is 1. The van der Waals surface area contributed by atoms with Crippen molar-refractivity contribution in [3.8, 4) is 5.75 Å². The van der Waals surface area contributed by atoms with Crippen molar-refractivity contribution >= 4 is 27.0 Å². The highest BCUT2D eigenvalue weighted by Crippen LogP contribution is 2.29. The summed E-state index contributed by atoms with van der Waals surface area (Å²) in [6.45, 7) is 1.74. The van der Waals surface area contributed by atoms with Crippen molar-refractivity contribution in [2.75, 3.05) is 0 Å². The number of hydrogen-bond acceptors (Lipinski definition) is 3. The molecule has 0 aliphatic rings. The summed E-state index contributed by atoms with van der Waals surface area (Å²) in [7, 11) is 0. The fourth-order valence-corrected chi connectivity index (χ4v) is 1.53. The number of aromatic hydroxyl groups is 1. The van der Waals surface area contributed by atoms with Crippen LogP contribution in [0.3, 0.4) is 0 Å². The van der Waals surface area contributed by atoms with Gasteiger partial charge in [-0.15, -0.1) is 0 Å². The van der Waals surface area contributed by atoms with Gasteiger partial charge in [-0.05, 0) is 12.1 Å². The maximum absolute atomic E-state index is 9.40. The highest BCUT2D eigenvalue weighted by atomic mass is 79.9. The smallest absolute Gasteiger partial charge is 0.196 e. The molecule has 1 N–H and O–H groups in total. The van der Waals surface area contributed by atoms with E-state index in [4.69, 9.17) is 4.42 Å². The Balaban J connectivity index is 2.88. The number of aryl methyl sites for hydroxylation is 1. The van der Waals surface area contributed by atoms with Gasteiger partial charge in [-0.1, -0.05) is 15.9 Å². The summed E-state index contributed by atoms with van der Waals surface area (Å²) < 4.78 is 5.96. The van der Waals surface area contributed by atoms with Crippen LogP contribution in [0.4, 0.5) is 0 Å². The van der Waals surface area contributed by atoms with Gasteiger partial charge in [0.05, 0.1) is 0 Å². The number of fused-ring (bicyclic) bond motifs is 1. The van der Waals surface area contributed by atoms with Gasteiger partial charge in [-0.2, -0.15) is 0 Å². The molecule has 0 amide bonds. The van der Waals surface area contributed by atoms with Crippen LogP contribution in [-0.2, 0) is 0 Å². The van der Waals surface area contributed by atoms with Crippen LogP contribution in [0.1, 0.15) is 5.89 Å². The van der Waals surface area contributed by atoms with Crippen molar-refractivity contribution in [3.63, 3.8) is 0 Å². The molecule has 0 radical (unpaired) electrons. The Morgan fingerprint density at radius 1 is 1.50 bits per heavy atom. The Bertz CT molecular complexity index is 436. The average Bonchev–Trinajstić information content (AvgIpc) is 2.29. The first-order valence-electron chi connectivity index (χ1n) is 3.42. The van der Waals surface area contributed by atoms with Gasteiger partial charge in [-0.25, -0.2) is 4.98 Å². The van der Waals surface area contributed by atoms with E-state index < -0.39 is 0 Å². The van der Waals surface area contributed by atoms with Crippen LogP contribution >= 0.6 is 15.9 Å². The molecule has 0 fully saturated rings. The number of oxazole rings is 1. The molecule has 1 aromatic heterocycles. The van der Waals surface area contributed by atoms with E-state index in [9.17, 15) is 5.11 Å². The number of benzene rings is 1. The van der Waals surface area contributed by atoms with Crippen molar-refractivity contribution in [1.82, 2.24) is 4.98 Å². The van der Waals surface area contributed by atoms with E-state index >= 15 is 0 Å². The first-order valence-corrected chi connectivity index (χ1v) is 4.22. The number of rotatable bonds is 0. The van der Waals surface area contributed by atoms with E-state index in [-0.39, 0.29) is 5.75 Å². The summed E-state index contributed by atoms with van der Waals surface area (Å²) in [5, 5.41) is 9.40. The first kappa shape index (κ1) is 7.61. The van der Waals surface area contributed by atoms with Gasteiger partial charge in [0.15, 0.2) is 17.2 Å². The van der Waals surface area contributed by atoms with Crippen LogP contribution in [0.15, 0.2) is 21.0 Å². The third-order valence-corrected chi connectivity index (χ3v) is 2.00.